The fraction of sp³-hybridized carbons (Fsp3) is 0.689. The molecule has 0 amide bonds. The highest BCUT2D eigenvalue weighted by molar-refractivity contribution is 5.71. The number of rotatable bonds is 60. The maximum Gasteiger partial charge on any atom is 0.306 e. The quantitative estimate of drug-likeness (QED) is 0.0261. The molecule has 0 spiro atoms. The van der Waals surface area contributed by atoms with E-state index in [0.717, 1.165) is 141 Å². The highest BCUT2D eigenvalue weighted by atomic mass is 16.6. The lowest BCUT2D eigenvalue weighted by molar-refractivity contribution is -0.167. The number of carbonyl (C=O) groups is 3. The van der Waals surface area contributed by atoms with Gasteiger partial charge in [0.2, 0.25) is 0 Å². The Balaban J connectivity index is 4.38. The van der Waals surface area contributed by atoms with E-state index < -0.39 is 6.10 Å². The van der Waals surface area contributed by atoms with E-state index in [1.807, 2.05) is 0 Å². The van der Waals surface area contributed by atoms with E-state index in [1.54, 1.807) is 0 Å². The van der Waals surface area contributed by atoms with Gasteiger partial charge in [-0.3, -0.25) is 14.4 Å². The van der Waals surface area contributed by atoms with Crippen LogP contribution in [-0.4, -0.2) is 37.2 Å². The van der Waals surface area contributed by atoms with Crippen molar-refractivity contribution in [3.05, 3.63) is 122 Å². The van der Waals surface area contributed by atoms with Crippen LogP contribution in [0.4, 0.5) is 0 Å². The molecule has 0 bridgehead atoms. The molecule has 0 saturated heterocycles. The molecule has 0 aromatic heterocycles. The van der Waals surface area contributed by atoms with Gasteiger partial charge in [-0.05, 0) is 135 Å². The summed E-state index contributed by atoms with van der Waals surface area (Å²) in [6.45, 7) is 6.48. The number of unbranched alkanes of at least 4 members (excludes halogenated alkanes) is 29. The first-order valence-electron chi connectivity index (χ1n) is 33.5. The maximum atomic E-state index is 12.9. The summed E-state index contributed by atoms with van der Waals surface area (Å²) in [4.78, 5) is 38.4. The zero-order valence-electron chi connectivity index (χ0n) is 52.3. The van der Waals surface area contributed by atoms with E-state index in [4.69, 9.17) is 14.2 Å². The molecule has 0 aliphatic carbocycles. The molecule has 0 saturated carbocycles. The van der Waals surface area contributed by atoms with Crippen molar-refractivity contribution >= 4 is 17.9 Å². The van der Waals surface area contributed by atoms with Crippen molar-refractivity contribution < 1.29 is 28.6 Å². The highest BCUT2D eigenvalue weighted by Crippen LogP contribution is 2.16. The average molecular weight is 1110 g/mol. The highest BCUT2D eigenvalue weighted by Gasteiger charge is 2.19. The van der Waals surface area contributed by atoms with Crippen molar-refractivity contribution in [2.45, 2.75) is 316 Å². The molecular formula is C74H124O6. The molecule has 1 atom stereocenters. The van der Waals surface area contributed by atoms with Gasteiger partial charge < -0.3 is 14.2 Å². The Kier molecular flexibility index (Phi) is 63.8. The van der Waals surface area contributed by atoms with Crippen molar-refractivity contribution in [1.82, 2.24) is 0 Å². The minimum Gasteiger partial charge on any atom is -0.462 e. The van der Waals surface area contributed by atoms with Crippen LogP contribution in [0.3, 0.4) is 0 Å². The summed E-state index contributed by atoms with van der Waals surface area (Å²) in [5, 5.41) is 0. The van der Waals surface area contributed by atoms with Crippen molar-refractivity contribution in [2.75, 3.05) is 13.2 Å². The molecule has 0 fully saturated rings. The number of ether oxygens (including phenoxy) is 3. The van der Waals surface area contributed by atoms with Gasteiger partial charge in [-0.25, -0.2) is 0 Å². The van der Waals surface area contributed by atoms with Crippen LogP contribution in [0.5, 0.6) is 0 Å². The number of hydrogen-bond donors (Lipinski definition) is 0. The molecule has 0 rings (SSSR count). The molecule has 456 valence electrons. The third kappa shape index (κ3) is 64.6. The van der Waals surface area contributed by atoms with Crippen LogP contribution in [0.2, 0.25) is 0 Å². The Hall–Kier alpha value is -4.19. The molecule has 0 aliphatic heterocycles. The summed E-state index contributed by atoms with van der Waals surface area (Å²) in [5.74, 6) is -0.913. The standard InChI is InChI=1S/C74H124O6/c1-4-7-10-13-16-19-22-25-28-31-33-34-35-36-37-38-39-40-42-43-46-49-52-55-58-61-64-67-73(76)79-70-71(69-78-72(75)66-63-60-57-54-51-48-45-30-27-24-21-18-15-12-9-6-3)80-74(77)68-65-62-59-56-53-50-47-44-41-32-29-26-23-20-17-14-11-8-5-2/h7,10,16-17,19-21,24-26,28-30,33-34,36-37,41,44-45,71H,4-6,8-9,11-15,18,22-23,27,31-32,35,38-40,42-43,46-70H2,1-3H3/b10-7-,19-16-,20-17-,24-21-,28-25-,29-26-,34-33-,37-36-,44-41-,45-30-. The van der Waals surface area contributed by atoms with Gasteiger partial charge in [-0.2, -0.15) is 0 Å². The van der Waals surface area contributed by atoms with Crippen molar-refractivity contribution in [1.29, 1.82) is 0 Å². The molecule has 0 N–H and O–H groups in total. The summed E-state index contributed by atoms with van der Waals surface area (Å²) in [6, 6.07) is 0. The van der Waals surface area contributed by atoms with Crippen LogP contribution in [0.25, 0.3) is 0 Å². The fourth-order valence-corrected chi connectivity index (χ4v) is 9.15. The largest absolute Gasteiger partial charge is 0.462 e. The third-order valence-electron chi connectivity index (χ3n) is 14.2. The molecule has 0 heterocycles. The summed E-state index contributed by atoms with van der Waals surface area (Å²) in [7, 11) is 0. The first kappa shape index (κ1) is 75.8. The lowest BCUT2D eigenvalue weighted by Gasteiger charge is -2.18. The minimum absolute atomic E-state index is 0.0910. The second kappa shape index (κ2) is 67.3. The number of esters is 3. The van der Waals surface area contributed by atoms with Gasteiger partial charge in [-0.1, -0.05) is 277 Å². The SMILES string of the molecule is CC/C=C\C/C=C\C/C=C\C/C=C\C/C=C\CCCCCCCCCCCCCC(=O)OCC(COC(=O)CCCCCCC/C=C\C/C=C\CCCCCC)OC(=O)CCCCCCCC/C=C\C/C=C\C/C=C\CCCCC. The van der Waals surface area contributed by atoms with Crippen LogP contribution in [0.15, 0.2) is 122 Å². The van der Waals surface area contributed by atoms with E-state index in [2.05, 4.69) is 142 Å². The van der Waals surface area contributed by atoms with Crippen molar-refractivity contribution in [3.8, 4) is 0 Å². The molecule has 0 radical (unpaired) electrons. The fourth-order valence-electron chi connectivity index (χ4n) is 9.15. The molecule has 6 heteroatoms. The third-order valence-corrected chi connectivity index (χ3v) is 14.2. The Labute approximate surface area is 494 Å². The smallest absolute Gasteiger partial charge is 0.306 e. The van der Waals surface area contributed by atoms with Crippen LogP contribution in [-0.2, 0) is 28.6 Å². The average Bonchev–Trinajstić information content (AvgIpc) is 3.46. The summed E-state index contributed by atoms with van der Waals surface area (Å²) >= 11 is 0. The minimum atomic E-state index is -0.797. The number of carbonyl (C=O) groups excluding carboxylic acids is 3. The first-order chi connectivity index (χ1) is 39.5. The Morgan fingerprint density at radius 1 is 0.263 bits per heavy atom. The Morgan fingerprint density at radius 2 is 0.487 bits per heavy atom. The van der Waals surface area contributed by atoms with Gasteiger partial charge in [0, 0.05) is 19.3 Å². The van der Waals surface area contributed by atoms with Gasteiger partial charge in [0.25, 0.3) is 0 Å². The predicted molar refractivity (Wildman–Crippen MR) is 348 cm³/mol. The van der Waals surface area contributed by atoms with Gasteiger partial charge in [0.1, 0.15) is 13.2 Å². The van der Waals surface area contributed by atoms with Gasteiger partial charge in [0.05, 0.1) is 0 Å². The van der Waals surface area contributed by atoms with E-state index >= 15 is 0 Å². The lowest BCUT2D eigenvalue weighted by atomic mass is 10.0. The molecule has 0 aromatic carbocycles. The maximum absolute atomic E-state index is 12.9. The van der Waals surface area contributed by atoms with E-state index in [0.29, 0.717) is 19.3 Å². The second-order valence-electron chi connectivity index (χ2n) is 22.0. The van der Waals surface area contributed by atoms with Gasteiger partial charge in [-0.15, -0.1) is 0 Å². The summed E-state index contributed by atoms with van der Waals surface area (Å²) in [6.07, 6.45) is 93.4. The van der Waals surface area contributed by atoms with E-state index in [9.17, 15) is 14.4 Å². The number of hydrogen-bond acceptors (Lipinski definition) is 6. The first-order valence-corrected chi connectivity index (χ1v) is 33.5. The molecule has 0 aromatic rings. The van der Waals surface area contributed by atoms with Crippen LogP contribution in [0, 0.1) is 0 Å². The molecule has 1 unspecified atom stereocenters. The summed E-state index contributed by atoms with van der Waals surface area (Å²) < 4.78 is 16.9. The van der Waals surface area contributed by atoms with Crippen LogP contribution in [0.1, 0.15) is 310 Å². The van der Waals surface area contributed by atoms with Crippen molar-refractivity contribution in [2.24, 2.45) is 0 Å². The Bertz CT molecular complexity index is 1650. The number of allylic oxidation sites excluding steroid dienone is 20. The zero-order valence-corrected chi connectivity index (χ0v) is 52.3. The second-order valence-corrected chi connectivity index (χ2v) is 22.0. The van der Waals surface area contributed by atoms with E-state index in [-0.39, 0.29) is 31.1 Å². The summed E-state index contributed by atoms with van der Waals surface area (Å²) in [5.41, 5.74) is 0. The molecular weight excluding hydrogens is 985 g/mol. The van der Waals surface area contributed by atoms with E-state index in [1.165, 1.54) is 128 Å². The molecule has 6 nitrogen and oxygen atoms in total. The van der Waals surface area contributed by atoms with Crippen LogP contribution >= 0.6 is 0 Å². The topological polar surface area (TPSA) is 78.9 Å². The Morgan fingerprint density at radius 3 is 0.787 bits per heavy atom. The lowest BCUT2D eigenvalue weighted by Crippen LogP contribution is -2.30. The van der Waals surface area contributed by atoms with Gasteiger partial charge in [0.15, 0.2) is 6.10 Å². The normalized spacial score (nSPS) is 12.9. The molecule has 80 heavy (non-hydrogen) atoms. The monoisotopic (exact) mass is 1110 g/mol. The predicted octanol–water partition coefficient (Wildman–Crippen LogP) is 23.2. The van der Waals surface area contributed by atoms with Crippen molar-refractivity contribution in [3.63, 3.8) is 0 Å². The van der Waals surface area contributed by atoms with Crippen LogP contribution < -0.4 is 0 Å². The van der Waals surface area contributed by atoms with Gasteiger partial charge >= 0.3 is 17.9 Å². The molecule has 0 aliphatic rings. The zero-order chi connectivity index (χ0) is 57.8.